The Bertz CT molecular complexity index is 958. The van der Waals surface area contributed by atoms with Gasteiger partial charge in [-0.05, 0) is 41.8 Å². The van der Waals surface area contributed by atoms with Crippen LogP contribution >= 0.6 is 0 Å². The first-order chi connectivity index (χ1) is 13.8. The summed E-state index contributed by atoms with van der Waals surface area (Å²) in [7, 11) is -1.71. The van der Waals surface area contributed by atoms with Gasteiger partial charge in [0.25, 0.3) is 0 Å². The van der Waals surface area contributed by atoms with Gasteiger partial charge >= 0.3 is 0 Å². The van der Waals surface area contributed by atoms with Crippen molar-refractivity contribution in [3.8, 4) is 6.07 Å². The third-order valence-corrected chi connectivity index (χ3v) is 6.89. The highest BCUT2D eigenvalue weighted by Crippen LogP contribution is 2.17. The molecule has 0 aliphatic heterocycles. The molecule has 0 heterocycles. The molecule has 154 valence electrons. The maximum absolute atomic E-state index is 12.5. The first-order valence-corrected chi connectivity index (χ1v) is 11.1. The molecule has 0 aliphatic carbocycles. The lowest BCUT2D eigenvalue weighted by molar-refractivity contribution is -0.130. The number of carbonyl (C=O) groups excluding carboxylic acids is 1. The van der Waals surface area contributed by atoms with E-state index in [2.05, 4.69) is 6.07 Å². The number of carbonyl (C=O) groups is 1. The average molecular weight is 414 g/mol. The summed E-state index contributed by atoms with van der Waals surface area (Å²) in [5, 5.41) is 8.84. The molecule has 2 aromatic rings. The summed E-state index contributed by atoms with van der Waals surface area (Å²) in [6.45, 7) is 4.97. The van der Waals surface area contributed by atoms with E-state index in [1.54, 1.807) is 48.3 Å². The van der Waals surface area contributed by atoms with Gasteiger partial charge in [0, 0.05) is 33.1 Å². The third-order valence-electron chi connectivity index (χ3n) is 4.82. The van der Waals surface area contributed by atoms with Crippen LogP contribution in [0.1, 0.15) is 37.0 Å². The number of rotatable bonds is 9. The highest BCUT2D eigenvalue weighted by atomic mass is 32.2. The van der Waals surface area contributed by atoms with Gasteiger partial charge in [-0.3, -0.25) is 4.79 Å². The van der Waals surface area contributed by atoms with E-state index in [0.717, 1.165) is 11.1 Å². The molecule has 2 aromatic carbocycles. The minimum Gasteiger partial charge on any atom is -0.341 e. The molecule has 0 radical (unpaired) electrons. The van der Waals surface area contributed by atoms with Crippen molar-refractivity contribution in [2.75, 3.05) is 20.1 Å². The van der Waals surface area contributed by atoms with Crippen molar-refractivity contribution >= 4 is 15.9 Å². The molecule has 0 saturated carbocycles. The van der Waals surface area contributed by atoms with Gasteiger partial charge < -0.3 is 4.90 Å². The van der Waals surface area contributed by atoms with Gasteiger partial charge in [0.1, 0.15) is 0 Å². The van der Waals surface area contributed by atoms with Gasteiger partial charge in [-0.1, -0.05) is 38.1 Å². The number of nitrogens with zero attached hydrogens (tertiary/aromatic N) is 3. The number of nitriles is 1. The zero-order valence-electron chi connectivity index (χ0n) is 17.1. The van der Waals surface area contributed by atoms with Crippen LogP contribution in [0, 0.1) is 11.3 Å². The van der Waals surface area contributed by atoms with Crippen LogP contribution in [0.25, 0.3) is 0 Å². The number of sulfonamides is 1. The van der Waals surface area contributed by atoms with Crippen molar-refractivity contribution in [1.82, 2.24) is 9.21 Å². The SMILES string of the molecule is CCN(CC)S(=O)(=O)c1ccc(CCC(=O)N(C)Cc2ccc(C#N)cc2)cc1. The molecule has 1 amide bonds. The fourth-order valence-corrected chi connectivity index (χ4v) is 4.49. The van der Waals surface area contributed by atoms with E-state index in [1.807, 2.05) is 26.0 Å². The first-order valence-electron chi connectivity index (χ1n) is 9.63. The predicted molar refractivity (Wildman–Crippen MR) is 113 cm³/mol. The van der Waals surface area contributed by atoms with Crippen LogP contribution in [0.15, 0.2) is 53.4 Å². The molecule has 0 saturated heterocycles. The van der Waals surface area contributed by atoms with E-state index < -0.39 is 10.0 Å². The normalized spacial score (nSPS) is 11.3. The Morgan fingerprint density at radius 2 is 1.52 bits per heavy atom. The Morgan fingerprint density at radius 1 is 0.966 bits per heavy atom. The summed E-state index contributed by atoms with van der Waals surface area (Å²) in [5.74, 6) is 0.00852. The molecule has 0 N–H and O–H groups in total. The van der Waals surface area contributed by atoms with Crippen LogP contribution in [0.3, 0.4) is 0 Å². The Kier molecular flexibility index (Phi) is 7.94. The molecule has 0 atom stereocenters. The summed E-state index contributed by atoms with van der Waals surface area (Å²) in [5.41, 5.74) is 2.48. The summed E-state index contributed by atoms with van der Waals surface area (Å²) in [6, 6.07) is 16.0. The largest absolute Gasteiger partial charge is 0.341 e. The van der Waals surface area contributed by atoms with Crippen molar-refractivity contribution in [2.45, 2.75) is 38.1 Å². The summed E-state index contributed by atoms with van der Waals surface area (Å²) < 4.78 is 26.5. The number of amides is 1. The van der Waals surface area contributed by atoms with E-state index in [9.17, 15) is 13.2 Å². The molecule has 0 bridgehead atoms. The summed E-state index contributed by atoms with van der Waals surface area (Å²) >= 11 is 0. The molecule has 7 heteroatoms. The van der Waals surface area contributed by atoms with Gasteiger partial charge in [0.2, 0.25) is 15.9 Å². The molecule has 0 aliphatic rings. The highest BCUT2D eigenvalue weighted by Gasteiger charge is 2.21. The fourth-order valence-electron chi connectivity index (χ4n) is 3.03. The quantitative estimate of drug-likeness (QED) is 0.632. The van der Waals surface area contributed by atoms with Gasteiger partial charge in [-0.25, -0.2) is 8.42 Å². The highest BCUT2D eigenvalue weighted by molar-refractivity contribution is 7.89. The Balaban J connectivity index is 1.93. The zero-order valence-corrected chi connectivity index (χ0v) is 17.9. The van der Waals surface area contributed by atoms with Crippen LogP contribution in [0.2, 0.25) is 0 Å². The topological polar surface area (TPSA) is 81.5 Å². The molecule has 0 fully saturated rings. The summed E-state index contributed by atoms with van der Waals surface area (Å²) in [6.07, 6.45) is 0.886. The molecular weight excluding hydrogens is 386 g/mol. The van der Waals surface area contributed by atoms with Gasteiger partial charge in [-0.2, -0.15) is 9.57 Å². The number of hydrogen-bond acceptors (Lipinski definition) is 4. The lowest BCUT2D eigenvalue weighted by atomic mass is 10.1. The van der Waals surface area contributed by atoms with Crippen LogP contribution in [0.5, 0.6) is 0 Å². The lowest BCUT2D eigenvalue weighted by Crippen LogP contribution is -2.30. The third kappa shape index (κ3) is 5.89. The van der Waals surface area contributed by atoms with Crippen molar-refractivity contribution in [3.63, 3.8) is 0 Å². The van der Waals surface area contributed by atoms with E-state index in [1.165, 1.54) is 4.31 Å². The monoisotopic (exact) mass is 413 g/mol. The number of aryl methyl sites for hydroxylation is 1. The van der Waals surface area contributed by atoms with E-state index >= 15 is 0 Å². The van der Waals surface area contributed by atoms with Crippen molar-refractivity contribution < 1.29 is 13.2 Å². The van der Waals surface area contributed by atoms with E-state index in [-0.39, 0.29) is 10.8 Å². The maximum Gasteiger partial charge on any atom is 0.243 e. The molecule has 0 unspecified atom stereocenters. The van der Waals surface area contributed by atoms with Crippen LogP contribution < -0.4 is 0 Å². The minimum atomic E-state index is -3.46. The second-order valence-electron chi connectivity index (χ2n) is 6.79. The standard InChI is InChI=1S/C22H27N3O3S/c1-4-25(5-2)29(27,28)21-13-10-18(11-14-21)12-15-22(26)24(3)17-20-8-6-19(16-23)7-9-20/h6-11,13-14H,4-5,12,15,17H2,1-3H3. The lowest BCUT2D eigenvalue weighted by Gasteiger charge is -2.19. The van der Waals surface area contributed by atoms with Crippen molar-refractivity contribution in [2.24, 2.45) is 0 Å². The van der Waals surface area contributed by atoms with Crippen molar-refractivity contribution in [3.05, 3.63) is 65.2 Å². The van der Waals surface area contributed by atoms with E-state index in [0.29, 0.717) is 38.0 Å². The number of benzene rings is 2. The van der Waals surface area contributed by atoms with Crippen LogP contribution in [0.4, 0.5) is 0 Å². The minimum absolute atomic E-state index is 0.00852. The first kappa shape index (κ1) is 22.6. The number of hydrogen-bond donors (Lipinski definition) is 0. The second-order valence-corrected chi connectivity index (χ2v) is 8.73. The average Bonchev–Trinajstić information content (AvgIpc) is 2.73. The van der Waals surface area contributed by atoms with Crippen molar-refractivity contribution in [1.29, 1.82) is 5.26 Å². The van der Waals surface area contributed by atoms with Gasteiger partial charge in [0.05, 0.1) is 16.5 Å². The van der Waals surface area contributed by atoms with E-state index in [4.69, 9.17) is 5.26 Å². The van der Waals surface area contributed by atoms with Gasteiger partial charge in [0.15, 0.2) is 0 Å². The Labute approximate surface area is 173 Å². The molecule has 6 nitrogen and oxygen atoms in total. The Morgan fingerprint density at radius 3 is 2.03 bits per heavy atom. The smallest absolute Gasteiger partial charge is 0.243 e. The molecule has 0 spiro atoms. The Hall–Kier alpha value is -2.69. The molecular formula is C22H27N3O3S. The van der Waals surface area contributed by atoms with Gasteiger partial charge in [-0.15, -0.1) is 0 Å². The second kappa shape index (κ2) is 10.2. The molecule has 0 aromatic heterocycles. The van der Waals surface area contributed by atoms with Crippen LogP contribution in [-0.2, 0) is 27.8 Å². The van der Waals surface area contributed by atoms with Crippen LogP contribution in [-0.4, -0.2) is 43.7 Å². The summed E-state index contributed by atoms with van der Waals surface area (Å²) in [4.78, 5) is 14.3. The predicted octanol–water partition coefficient (Wildman–Crippen LogP) is 3.18. The maximum atomic E-state index is 12.5. The fraction of sp³-hybridized carbons (Fsp3) is 0.364. The molecule has 2 rings (SSSR count). The zero-order chi connectivity index (χ0) is 21.4. The molecule has 29 heavy (non-hydrogen) atoms.